The van der Waals surface area contributed by atoms with Crippen LogP contribution in [0.1, 0.15) is 22.1 Å². The molecular weight excluding hydrogens is 359 g/mol. The van der Waals surface area contributed by atoms with Gasteiger partial charge in [-0.3, -0.25) is 9.78 Å². The van der Waals surface area contributed by atoms with Crippen LogP contribution in [-0.2, 0) is 6.54 Å². The highest BCUT2D eigenvalue weighted by molar-refractivity contribution is 5.94. The molecule has 0 bridgehead atoms. The van der Waals surface area contributed by atoms with E-state index in [9.17, 15) is 9.18 Å². The summed E-state index contributed by atoms with van der Waals surface area (Å²) < 4.78 is 18.6. The number of aryl methyl sites for hydroxylation is 1. The van der Waals surface area contributed by atoms with Gasteiger partial charge in [0.2, 0.25) is 11.8 Å². The van der Waals surface area contributed by atoms with Gasteiger partial charge in [0.25, 0.3) is 5.91 Å². The number of fused-ring (bicyclic) bond motifs is 1. The Labute approximate surface area is 160 Å². The molecule has 140 valence electrons. The second-order valence-corrected chi connectivity index (χ2v) is 6.51. The number of nitrogens with zero attached hydrogens (tertiary/aromatic N) is 4. The second-order valence-electron chi connectivity index (χ2n) is 6.51. The van der Waals surface area contributed by atoms with Crippen molar-refractivity contribution in [3.63, 3.8) is 0 Å². The average Bonchev–Trinajstić information content (AvgIpc) is 3.11. The number of amides is 1. The first-order chi connectivity index (χ1) is 13.5. The molecule has 2 aromatic carbocycles. The van der Waals surface area contributed by atoms with Crippen molar-refractivity contribution in [3.05, 3.63) is 77.9 Å². The molecule has 0 spiro atoms. The Morgan fingerprint density at radius 2 is 1.86 bits per heavy atom. The van der Waals surface area contributed by atoms with E-state index in [0.29, 0.717) is 22.9 Å². The molecule has 0 aliphatic rings. The van der Waals surface area contributed by atoms with E-state index in [1.807, 2.05) is 18.2 Å². The molecule has 1 amide bonds. The molecule has 4 rings (SSSR count). The van der Waals surface area contributed by atoms with Crippen LogP contribution in [-0.4, -0.2) is 33.0 Å². The molecule has 7 heteroatoms. The van der Waals surface area contributed by atoms with Crippen LogP contribution in [0, 0.1) is 12.7 Å². The fraction of sp³-hybridized carbons (Fsp3) is 0.143. The number of hydrogen-bond donors (Lipinski definition) is 0. The molecule has 0 atom stereocenters. The van der Waals surface area contributed by atoms with Crippen molar-refractivity contribution in [2.75, 3.05) is 7.05 Å². The average molecular weight is 376 g/mol. The summed E-state index contributed by atoms with van der Waals surface area (Å²) in [7, 11) is 1.68. The number of benzene rings is 2. The highest BCUT2D eigenvalue weighted by Gasteiger charge is 2.15. The summed E-state index contributed by atoms with van der Waals surface area (Å²) in [6.45, 7) is 1.95. The Balaban J connectivity index is 1.53. The van der Waals surface area contributed by atoms with Gasteiger partial charge in [-0.25, -0.2) is 4.39 Å². The number of rotatable bonds is 4. The molecule has 6 nitrogen and oxygen atoms in total. The van der Waals surface area contributed by atoms with Crippen molar-refractivity contribution in [2.45, 2.75) is 13.5 Å². The predicted octanol–water partition coefficient (Wildman–Crippen LogP) is 4.00. The summed E-state index contributed by atoms with van der Waals surface area (Å²) in [6.07, 6.45) is 1.70. The third kappa shape index (κ3) is 3.59. The summed E-state index contributed by atoms with van der Waals surface area (Å²) in [4.78, 5) is 18.4. The highest BCUT2D eigenvalue weighted by Crippen LogP contribution is 2.24. The maximum Gasteiger partial charge on any atom is 0.254 e. The van der Waals surface area contributed by atoms with E-state index in [2.05, 4.69) is 15.2 Å². The van der Waals surface area contributed by atoms with Gasteiger partial charge in [0.05, 0.1) is 12.1 Å². The van der Waals surface area contributed by atoms with Gasteiger partial charge >= 0.3 is 0 Å². The fourth-order valence-electron chi connectivity index (χ4n) is 2.95. The molecule has 0 N–H and O–H groups in total. The zero-order valence-electron chi connectivity index (χ0n) is 15.4. The van der Waals surface area contributed by atoms with E-state index in [-0.39, 0.29) is 18.3 Å². The van der Waals surface area contributed by atoms with Crippen molar-refractivity contribution < 1.29 is 13.6 Å². The minimum atomic E-state index is -0.310. The lowest BCUT2D eigenvalue weighted by atomic mass is 10.0. The quantitative estimate of drug-likeness (QED) is 0.538. The van der Waals surface area contributed by atoms with Crippen LogP contribution in [0.5, 0.6) is 0 Å². The van der Waals surface area contributed by atoms with Crippen molar-refractivity contribution in [1.29, 1.82) is 0 Å². The van der Waals surface area contributed by atoms with E-state index < -0.39 is 0 Å². The third-order valence-electron chi connectivity index (χ3n) is 4.40. The van der Waals surface area contributed by atoms with Crippen molar-refractivity contribution in [1.82, 2.24) is 20.1 Å². The molecular formula is C21H17FN4O2. The van der Waals surface area contributed by atoms with Crippen molar-refractivity contribution in [2.24, 2.45) is 0 Å². The minimum Gasteiger partial charge on any atom is -0.424 e. The molecule has 0 saturated carbocycles. The Hall–Kier alpha value is -3.61. The number of carbonyl (C=O) groups is 1. The Bertz CT molecular complexity index is 1150. The van der Waals surface area contributed by atoms with E-state index in [1.54, 1.807) is 38.4 Å². The SMILES string of the molecule is Cc1nnc(CN(C)C(=O)c2ccc(-c3cnc4cc(F)ccc4c3)cc2)o1. The predicted molar refractivity (Wildman–Crippen MR) is 102 cm³/mol. The first-order valence-corrected chi connectivity index (χ1v) is 8.70. The van der Waals surface area contributed by atoms with Crippen LogP contribution in [0.3, 0.4) is 0 Å². The van der Waals surface area contributed by atoms with Crippen LogP contribution in [0.25, 0.3) is 22.0 Å². The molecule has 2 heterocycles. The zero-order chi connectivity index (χ0) is 19.7. The monoisotopic (exact) mass is 376 g/mol. The molecule has 0 fully saturated rings. The van der Waals surface area contributed by atoms with Crippen LogP contribution in [0.4, 0.5) is 4.39 Å². The lowest BCUT2D eigenvalue weighted by Gasteiger charge is -2.15. The van der Waals surface area contributed by atoms with Gasteiger partial charge in [-0.2, -0.15) is 0 Å². The largest absolute Gasteiger partial charge is 0.424 e. The van der Waals surface area contributed by atoms with Crippen molar-refractivity contribution in [3.8, 4) is 11.1 Å². The number of halogens is 1. The maximum absolute atomic E-state index is 13.3. The van der Waals surface area contributed by atoms with Crippen LogP contribution < -0.4 is 0 Å². The van der Waals surface area contributed by atoms with E-state index >= 15 is 0 Å². The molecule has 2 aromatic heterocycles. The van der Waals surface area contributed by atoms with Crippen LogP contribution in [0.15, 0.2) is 59.1 Å². The summed E-state index contributed by atoms with van der Waals surface area (Å²) in [5, 5.41) is 8.52. The molecule has 0 saturated heterocycles. The van der Waals surface area contributed by atoms with Gasteiger partial charge in [-0.15, -0.1) is 10.2 Å². The van der Waals surface area contributed by atoms with Gasteiger partial charge in [0, 0.05) is 42.7 Å². The number of aromatic nitrogens is 3. The van der Waals surface area contributed by atoms with Gasteiger partial charge in [0.1, 0.15) is 5.82 Å². The van der Waals surface area contributed by atoms with Gasteiger partial charge in [0.15, 0.2) is 0 Å². The molecule has 4 aromatic rings. The van der Waals surface area contributed by atoms with E-state index in [1.165, 1.54) is 17.0 Å². The number of pyridine rings is 1. The molecule has 28 heavy (non-hydrogen) atoms. The van der Waals surface area contributed by atoms with Crippen LogP contribution >= 0.6 is 0 Å². The Morgan fingerprint density at radius 1 is 1.07 bits per heavy atom. The maximum atomic E-state index is 13.3. The number of carbonyl (C=O) groups excluding carboxylic acids is 1. The molecule has 0 aliphatic heterocycles. The smallest absolute Gasteiger partial charge is 0.254 e. The fourth-order valence-corrected chi connectivity index (χ4v) is 2.95. The Morgan fingerprint density at radius 3 is 2.57 bits per heavy atom. The van der Waals surface area contributed by atoms with Gasteiger partial charge in [-0.1, -0.05) is 12.1 Å². The summed E-state index contributed by atoms with van der Waals surface area (Å²) >= 11 is 0. The van der Waals surface area contributed by atoms with Gasteiger partial charge in [-0.05, 0) is 35.9 Å². The normalized spacial score (nSPS) is 11.0. The van der Waals surface area contributed by atoms with E-state index in [0.717, 1.165) is 16.5 Å². The summed E-state index contributed by atoms with van der Waals surface area (Å²) in [5.41, 5.74) is 2.98. The topological polar surface area (TPSA) is 72.1 Å². The summed E-state index contributed by atoms with van der Waals surface area (Å²) in [5.74, 6) is 0.403. The highest BCUT2D eigenvalue weighted by atomic mass is 19.1. The third-order valence-corrected chi connectivity index (χ3v) is 4.40. The first-order valence-electron chi connectivity index (χ1n) is 8.70. The molecule has 0 radical (unpaired) electrons. The van der Waals surface area contributed by atoms with Gasteiger partial charge < -0.3 is 9.32 Å². The molecule has 0 aliphatic carbocycles. The lowest BCUT2D eigenvalue weighted by molar-refractivity contribution is 0.0772. The standard InChI is InChI=1S/C21H17FN4O2/c1-13-24-25-20(28-13)12-26(2)21(27)15-5-3-14(4-6-15)17-9-16-7-8-18(22)10-19(16)23-11-17/h3-11H,12H2,1-2H3. The lowest BCUT2D eigenvalue weighted by Crippen LogP contribution is -2.26. The first kappa shape index (κ1) is 17.8. The zero-order valence-corrected chi connectivity index (χ0v) is 15.4. The second kappa shape index (κ2) is 7.19. The molecule has 0 unspecified atom stereocenters. The summed E-state index contributed by atoms with van der Waals surface area (Å²) in [6, 6.07) is 13.7. The minimum absolute atomic E-state index is 0.144. The van der Waals surface area contributed by atoms with Crippen LogP contribution in [0.2, 0.25) is 0 Å². The number of hydrogen-bond acceptors (Lipinski definition) is 5. The van der Waals surface area contributed by atoms with Crippen molar-refractivity contribution >= 4 is 16.8 Å². The van der Waals surface area contributed by atoms with E-state index in [4.69, 9.17) is 4.42 Å². The Kier molecular flexibility index (Phi) is 4.57.